The van der Waals surface area contributed by atoms with Crippen molar-refractivity contribution in [2.24, 2.45) is 58.2 Å². The predicted molar refractivity (Wildman–Crippen MR) is 142 cm³/mol. The van der Waals surface area contributed by atoms with E-state index in [9.17, 15) is 9.59 Å². The van der Waals surface area contributed by atoms with Gasteiger partial charge in [0, 0.05) is 19.3 Å². The Morgan fingerprint density at radius 3 is 2.38 bits per heavy atom. The molecule has 11 atom stereocenters. The lowest BCUT2D eigenvalue weighted by molar-refractivity contribution is -0.194. The van der Waals surface area contributed by atoms with Crippen LogP contribution in [0.1, 0.15) is 106 Å². The third-order valence-corrected chi connectivity index (χ3v) is 12.5. The maximum Gasteiger partial charge on any atom is 0.302 e. The van der Waals surface area contributed by atoms with Crippen LogP contribution in [0.25, 0.3) is 0 Å². The molecule has 4 rings (SSSR count). The molecule has 0 unspecified atom stereocenters. The van der Waals surface area contributed by atoms with E-state index in [2.05, 4.69) is 57.5 Å². The lowest BCUT2D eigenvalue weighted by atomic mass is 9.43. The molecule has 4 fully saturated rings. The van der Waals surface area contributed by atoms with Crippen LogP contribution >= 0.6 is 15.9 Å². The average molecular weight is 538 g/mol. The number of carbonyl (C=O) groups excluding carboxylic acids is 2. The minimum Gasteiger partial charge on any atom is -0.462 e. The van der Waals surface area contributed by atoms with Gasteiger partial charge in [0.15, 0.2) is 0 Å². The SMILES string of the molecule is CC(=O)O[C@@H]1C[C@]2(C)[C@H](CC[C@@H]2[C@H](C)CC[C@H](C)C(C)C)[C@@H]2CC[C@H]3CC(=O)[C@H](Br)C[C@@]3(C)[C@@H]21. The third-order valence-electron chi connectivity index (χ3n) is 11.7. The van der Waals surface area contributed by atoms with E-state index < -0.39 is 0 Å². The summed E-state index contributed by atoms with van der Waals surface area (Å²) in [5.41, 5.74) is 0.325. The van der Waals surface area contributed by atoms with Crippen LogP contribution in [-0.2, 0) is 14.3 Å². The fourth-order valence-electron chi connectivity index (χ4n) is 9.51. The summed E-state index contributed by atoms with van der Waals surface area (Å²) >= 11 is 3.72. The van der Waals surface area contributed by atoms with Crippen molar-refractivity contribution >= 4 is 27.7 Å². The zero-order chi connectivity index (χ0) is 25.0. The Morgan fingerprint density at radius 1 is 1.03 bits per heavy atom. The molecule has 4 heteroatoms. The quantitative estimate of drug-likeness (QED) is 0.256. The van der Waals surface area contributed by atoms with E-state index in [0.717, 1.165) is 48.9 Å². The van der Waals surface area contributed by atoms with Gasteiger partial charge in [-0.25, -0.2) is 0 Å². The van der Waals surface area contributed by atoms with Crippen LogP contribution in [0.3, 0.4) is 0 Å². The topological polar surface area (TPSA) is 43.4 Å². The second-order valence-corrected chi connectivity index (χ2v) is 14.8. The summed E-state index contributed by atoms with van der Waals surface area (Å²) in [6, 6.07) is 0. The minimum atomic E-state index is -0.132. The number of alkyl halides is 1. The van der Waals surface area contributed by atoms with Crippen molar-refractivity contribution < 1.29 is 14.3 Å². The third kappa shape index (κ3) is 4.56. The van der Waals surface area contributed by atoms with Crippen molar-refractivity contribution in [2.75, 3.05) is 0 Å². The number of rotatable bonds is 6. The highest BCUT2D eigenvalue weighted by Crippen LogP contribution is 2.69. The number of Topliss-reactive ketones (excluding diaryl/α,β-unsaturated/α-hetero) is 1. The van der Waals surface area contributed by atoms with Crippen LogP contribution in [-0.4, -0.2) is 22.7 Å². The Balaban J connectivity index is 1.61. The molecule has 0 spiro atoms. The molecule has 0 N–H and O–H groups in total. The molecule has 34 heavy (non-hydrogen) atoms. The Morgan fingerprint density at radius 2 is 1.74 bits per heavy atom. The zero-order valence-electron chi connectivity index (χ0n) is 22.7. The fraction of sp³-hybridized carbons (Fsp3) is 0.933. The van der Waals surface area contributed by atoms with Crippen molar-refractivity contribution in [1.82, 2.24) is 0 Å². The molecule has 0 aromatic heterocycles. The number of carbonyl (C=O) groups is 2. The first-order chi connectivity index (χ1) is 15.9. The molecule has 3 nitrogen and oxygen atoms in total. The van der Waals surface area contributed by atoms with Gasteiger partial charge in [-0.1, -0.05) is 70.3 Å². The average Bonchev–Trinajstić information content (AvgIpc) is 3.08. The Labute approximate surface area is 217 Å². The second kappa shape index (κ2) is 9.82. The lowest BCUT2D eigenvalue weighted by Crippen LogP contribution is -2.61. The van der Waals surface area contributed by atoms with Crippen molar-refractivity contribution in [3.05, 3.63) is 0 Å². The fourth-order valence-corrected chi connectivity index (χ4v) is 10.4. The summed E-state index contributed by atoms with van der Waals surface area (Å²) in [6.45, 7) is 16.2. The van der Waals surface area contributed by atoms with E-state index in [4.69, 9.17) is 4.74 Å². The molecule has 0 aromatic rings. The number of hydrogen-bond donors (Lipinski definition) is 0. The maximum atomic E-state index is 12.6. The van der Waals surface area contributed by atoms with Gasteiger partial charge in [0.25, 0.3) is 0 Å². The molecule has 0 heterocycles. The van der Waals surface area contributed by atoms with Crippen molar-refractivity contribution in [2.45, 2.75) is 117 Å². The zero-order valence-corrected chi connectivity index (χ0v) is 24.3. The highest BCUT2D eigenvalue weighted by Gasteiger charge is 2.65. The van der Waals surface area contributed by atoms with Gasteiger partial charge in [-0.2, -0.15) is 0 Å². The van der Waals surface area contributed by atoms with Crippen molar-refractivity contribution in [1.29, 1.82) is 0 Å². The smallest absolute Gasteiger partial charge is 0.302 e. The minimum absolute atomic E-state index is 0.00756. The molecular weight excluding hydrogens is 488 g/mol. The highest BCUT2D eigenvalue weighted by molar-refractivity contribution is 9.10. The summed E-state index contributed by atoms with van der Waals surface area (Å²) in [7, 11) is 0. The van der Waals surface area contributed by atoms with E-state index in [1.54, 1.807) is 6.92 Å². The van der Waals surface area contributed by atoms with E-state index in [1.165, 1.54) is 32.1 Å². The monoisotopic (exact) mass is 536 g/mol. The van der Waals surface area contributed by atoms with Gasteiger partial charge in [0.05, 0.1) is 4.83 Å². The molecule has 4 aliphatic carbocycles. The molecule has 0 amide bonds. The van der Waals surface area contributed by atoms with Gasteiger partial charge < -0.3 is 4.74 Å². The molecule has 0 bridgehead atoms. The van der Waals surface area contributed by atoms with E-state index in [0.29, 0.717) is 30.0 Å². The molecule has 4 aliphatic rings. The Kier molecular flexibility index (Phi) is 7.71. The predicted octanol–water partition coefficient (Wildman–Crippen LogP) is 7.84. The maximum absolute atomic E-state index is 12.6. The number of ketones is 1. The van der Waals surface area contributed by atoms with Crippen LogP contribution in [0, 0.1) is 58.2 Å². The molecule has 0 saturated heterocycles. The van der Waals surface area contributed by atoms with Crippen LogP contribution in [0.15, 0.2) is 0 Å². The summed E-state index contributed by atoms with van der Waals surface area (Å²) in [5.74, 6) is 5.37. The van der Waals surface area contributed by atoms with E-state index in [1.807, 2.05) is 0 Å². The number of ether oxygens (including phenoxy) is 1. The second-order valence-electron chi connectivity index (χ2n) is 13.7. The Hall–Kier alpha value is -0.380. The Bertz CT molecular complexity index is 779. The molecule has 4 saturated carbocycles. The van der Waals surface area contributed by atoms with Crippen LogP contribution in [0.5, 0.6) is 0 Å². The van der Waals surface area contributed by atoms with Gasteiger partial charge in [-0.05, 0) is 90.8 Å². The molecule has 194 valence electrons. The van der Waals surface area contributed by atoms with Crippen molar-refractivity contribution in [3.8, 4) is 0 Å². The largest absolute Gasteiger partial charge is 0.462 e. The van der Waals surface area contributed by atoms with Gasteiger partial charge >= 0.3 is 5.97 Å². The number of fused-ring (bicyclic) bond motifs is 5. The van der Waals surface area contributed by atoms with E-state index in [-0.39, 0.29) is 27.7 Å². The van der Waals surface area contributed by atoms with Gasteiger partial charge in [-0.3, -0.25) is 9.59 Å². The standard InChI is InChI=1S/C30H49BrO3/c1-17(2)18(3)8-9-19(4)23-12-13-24-22-11-10-21-14-26(33)25(31)15-29(21,6)28(22)27(34-20(5)32)16-30(23,24)7/h17-19,21-25,27-28H,8-16H2,1-7H3/t18-,19+,21-,22-,23+,24+,25+,27+,28-,29+,30-/m0/s1. The first-order valence-electron chi connectivity index (χ1n) is 14.2. The number of halogens is 1. The normalized spacial score (nSPS) is 45.8. The van der Waals surface area contributed by atoms with Crippen molar-refractivity contribution in [3.63, 3.8) is 0 Å². The molecular formula is C30H49BrO3. The van der Waals surface area contributed by atoms with Gasteiger partial charge in [0.2, 0.25) is 0 Å². The molecule has 0 radical (unpaired) electrons. The first-order valence-corrected chi connectivity index (χ1v) is 15.1. The summed E-state index contributed by atoms with van der Waals surface area (Å²) in [5, 5.41) is 0. The number of esters is 1. The van der Waals surface area contributed by atoms with Crippen LogP contribution < -0.4 is 0 Å². The summed E-state index contributed by atoms with van der Waals surface area (Å²) in [6.07, 6.45) is 10.2. The summed E-state index contributed by atoms with van der Waals surface area (Å²) in [4.78, 5) is 24.9. The van der Waals surface area contributed by atoms with Gasteiger partial charge in [-0.15, -0.1) is 0 Å². The molecule has 0 aliphatic heterocycles. The highest BCUT2D eigenvalue weighted by atomic mass is 79.9. The molecule has 0 aromatic carbocycles. The summed E-state index contributed by atoms with van der Waals surface area (Å²) < 4.78 is 6.23. The van der Waals surface area contributed by atoms with Crippen LogP contribution in [0.2, 0.25) is 0 Å². The first kappa shape index (κ1) is 26.7. The van der Waals surface area contributed by atoms with E-state index >= 15 is 0 Å². The number of hydrogen-bond acceptors (Lipinski definition) is 3. The van der Waals surface area contributed by atoms with Crippen LogP contribution in [0.4, 0.5) is 0 Å². The lowest BCUT2D eigenvalue weighted by Gasteiger charge is -2.62. The van der Waals surface area contributed by atoms with Gasteiger partial charge in [0.1, 0.15) is 11.9 Å².